The molecular weight excluding hydrogens is 342 g/mol. The van der Waals surface area contributed by atoms with Crippen LogP contribution in [-0.4, -0.2) is 24.9 Å². The van der Waals surface area contributed by atoms with Crippen molar-refractivity contribution in [2.24, 2.45) is 0 Å². The number of fused-ring (bicyclic) bond motifs is 1. The second-order valence-electron chi connectivity index (χ2n) is 5.76. The van der Waals surface area contributed by atoms with Crippen LogP contribution in [0.4, 0.5) is 5.69 Å². The van der Waals surface area contributed by atoms with E-state index >= 15 is 0 Å². The first kappa shape index (κ1) is 17.1. The minimum absolute atomic E-state index is 0.00729. The SMILES string of the molecule is Cc1ccc2[nH]cc(CCNS(=O)(=O)c3ccc([N+](=O)[O-])cc3)c2c1. The van der Waals surface area contributed by atoms with E-state index in [0.29, 0.717) is 6.42 Å². The number of non-ortho nitro benzene ring substituents is 1. The highest BCUT2D eigenvalue weighted by Crippen LogP contribution is 2.20. The lowest BCUT2D eigenvalue weighted by Crippen LogP contribution is -2.25. The molecule has 0 fully saturated rings. The molecule has 0 amide bonds. The zero-order chi connectivity index (χ0) is 18.0. The van der Waals surface area contributed by atoms with Gasteiger partial charge in [-0.3, -0.25) is 10.1 Å². The van der Waals surface area contributed by atoms with Gasteiger partial charge in [-0.1, -0.05) is 11.6 Å². The minimum Gasteiger partial charge on any atom is -0.361 e. The number of nitro benzene ring substituents is 1. The van der Waals surface area contributed by atoms with Crippen molar-refractivity contribution in [1.82, 2.24) is 9.71 Å². The highest BCUT2D eigenvalue weighted by Gasteiger charge is 2.15. The number of benzene rings is 2. The molecule has 0 radical (unpaired) electrons. The number of nitrogens with zero attached hydrogens (tertiary/aromatic N) is 1. The van der Waals surface area contributed by atoms with Crippen LogP contribution < -0.4 is 4.72 Å². The predicted molar refractivity (Wildman–Crippen MR) is 95.0 cm³/mol. The molecule has 1 heterocycles. The molecule has 3 aromatic rings. The maximum absolute atomic E-state index is 12.3. The second kappa shape index (κ2) is 6.66. The van der Waals surface area contributed by atoms with Gasteiger partial charge in [-0.05, 0) is 43.2 Å². The Morgan fingerprint density at radius 2 is 1.88 bits per heavy atom. The Kier molecular flexibility index (Phi) is 4.56. The van der Waals surface area contributed by atoms with Gasteiger partial charge in [-0.15, -0.1) is 0 Å². The van der Waals surface area contributed by atoms with Crippen molar-refractivity contribution >= 4 is 26.6 Å². The van der Waals surface area contributed by atoms with Gasteiger partial charge in [0.1, 0.15) is 0 Å². The summed E-state index contributed by atoms with van der Waals surface area (Å²) < 4.78 is 27.1. The highest BCUT2D eigenvalue weighted by molar-refractivity contribution is 7.89. The van der Waals surface area contributed by atoms with E-state index in [-0.39, 0.29) is 17.1 Å². The van der Waals surface area contributed by atoms with Gasteiger partial charge in [-0.25, -0.2) is 13.1 Å². The lowest BCUT2D eigenvalue weighted by atomic mass is 10.1. The monoisotopic (exact) mass is 359 g/mol. The highest BCUT2D eigenvalue weighted by atomic mass is 32.2. The summed E-state index contributed by atoms with van der Waals surface area (Å²) in [6, 6.07) is 10.9. The van der Waals surface area contributed by atoms with Crippen molar-refractivity contribution < 1.29 is 13.3 Å². The zero-order valence-electron chi connectivity index (χ0n) is 13.5. The fraction of sp³-hybridized carbons (Fsp3) is 0.176. The summed E-state index contributed by atoms with van der Waals surface area (Å²) in [7, 11) is -3.70. The molecular formula is C17H17N3O4S. The average molecular weight is 359 g/mol. The Balaban J connectivity index is 1.69. The molecule has 7 nitrogen and oxygen atoms in total. The van der Waals surface area contributed by atoms with E-state index in [0.717, 1.165) is 22.0 Å². The Morgan fingerprint density at radius 1 is 1.16 bits per heavy atom. The number of hydrogen-bond acceptors (Lipinski definition) is 4. The first-order chi connectivity index (χ1) is 11.9. The van der Waals surface area contributed by atoms with Crippen LogP contribution in [0.15, 0.2) is 53.6 Å². The second-order valence-corrected chi connectivity index (χ2v) is 7.53. The van der Waals surface area contributed by atoms with Crippen molar-refractivity contribution in [2.75, 3.05) is 6.54 Å². The van der Waals surface area contributed by atoms with Gasteiger partial charge >= 0.3 is 0 Å². The van der Waals surface area contributed by atoms with E-state index in [1.54, 1.807) is 0 Å². The number of aromatic nitrogens is 1. The van der Waals surface area contributed by atoms with Gasteiger partial charge in [0, 0.05) is 35.8 Å². The van der Waals surface area contributed by atoms with Crippen molar-refractivity contribution in [1.29, 1.82) is 0 Å². The Hall–Kier alpha value is -2.71. The molecule has 8 heteroatoms. The number of nitrogens with one attached hydrogen (secondary N) is 2. The van der Waals surface area contributed by atoms with Gasteiger partial charge in [0.25, 0.3) is 5.69 Å². The molecule has 0 aliphatic rings. The summed E-state index contributed by atoms with van der Waals surface area (Å²) in [6.45, 7) is 2.24. The zero-order valence-corrected chi connectivity index (χ0v) is 14.3. The number of aryl methyl sites for hydroxylation is 1. The largest absolute Gasteiger partial charge is 0.361 e. The third-order valence-corrected chi connectivity index (χ3v) is 5.44. The first-order valence-electron chi connectivity index (χ1n) is 7.67. The molecule has 130 valence electrons. The molecule has 0 saturated heterocycles. The molecule has 2 N–H and O–H groups in total. The van der Waals surface area contributed by atoms with Crippen LogP contribution in [0, 0.1) is 17.0 Å². The number of H-pyrrole nitrogens is 1. The Labute approximate surface area is 144 Å². The number of sulfonamides is 1. The Morgan fingerprint density at radius 3 is 2.56 bits per heavy atom. The van der Waals surface area contributed by atoms with E-state index in [2.05, 4.69) is 15.8 Å². The lowest BCUT2D eigenvalue weighted by Gasteiger charge is -2.06. The molecule has 1 aromatic heterocycles. The third-order valence-electron chi connectivity index (χ3n) is 3.97. The van der Waals surface area contributed by atoms with Gasteiger partial charge in [0.05, 0.1) is 9.82 Å². The van der Waals surface area contributed by atoms with E-state index in [1.807, 2.05) is 25.3 Å². The molecule has 0 bridgehead atoms. The number of aromatic amines is 1. The van der Waals surface area contributed by atoms with Crippen molar-refractivity contribution in [3.05, 3.63) is 69.9 Å². The van der Waals surface area contributed by atoms with E-state index < -0.39 is 14.9 Å². The lowest BCUT2D eigenvalue weighted by molar-refractivity contribution is -0.384. The summed E-state index contributed by atoms with van der Waals surface area (Å²) in [5.41, 5.74) is 3.04. The third kappa shape index (κ3) is 3.70. The van der Waals surface area contributed by atoms with Crippen LogP contribution in [0.25, 0.3) is 10.9 Å². The smallest absolute Gasteiger partial charge is 0.269 e. The van der Waals surface area contributed by atoms with Crippen LogP contribution in [0.1, 0.15) is 11.1 Å². The molecule has 0 spiro atoms. The molecule has 0 aliphatic heterocycles. The maximum Gasteiger partial charge on any atom is 0.269 e. The Bertz CT molecular complexity index is 1020. The normalized spacial score (nSPS) is 11.7. The standard InChI is InChI=1S/C17H17N3O4S/c1-12-2-7-17-16(10-12)13(11-18-17)8-9-19-25(23,24)15-5-3-14(4-6-15)20(21)22/h2-7,10-11,18-19H,8-9H2,1H3. The number of nitro groups is 1. The molecule has 3 rings (SSSR count). The summed E-state index contributed by atoms with van der Waals surface area (Å²) in [5.74, 6) is 0. The number of hydrogen-bond donors (Lipinski definition) is 2. The van der Waals surface area contributed by atoms with Gasteiger partial charge in [0.15, 0.2) is 0 Å². The van der Waals surface area contributed by atoms with Crippen molar-refractivity contribution in [3.63, 3.8) is 0 Å². The minimum atomic E-state index is -3.70. The van der Waals surface area contributed by atoms with Crippen molar-refractivity contribution in [3.8, 4) is 0 Å². The first-order valence-corrected chi connectivity index (χ1v) is 9.16. The number of rotatable bonds is 6. The van der Waals surface area contributed by atoms with Crippen molar-refractivity contribution in [2.45, 2.75) is 18.2 Å². The topological polar surface area (TPSA) is 105 Å². The maximum atomic E-state index is 12.3. The van der Waals surface area contributed by atoms with Gasteiger partial charge in [0.2, 0.25) is 10.0 Å². The summed E-state index contributed by atoms with van der Waals surface area (Å²) in [6.07, 6.45) is 2.42. The molecule has 0 saturated carbocycles. The van der Waals surface area contributed by atoms with Crippen LogP contribution in [0.5, 0.6) is 0 Å². The fourth-order valence-corrected chi connectivity index (χ4v) is 3.68. The molecule has 0 unspecified atom stereocenters. The molecule has 2 aromatic carbocycles. The molecule has 0 atom stereocenters. The average Bonchev–Trinajstić information content (AvgIpc) is 2.97. The predicted octanol–water partition coefficient (Wildman–Crippen LogP) is 2.91. The summed E-state index contributed by atoms with van der Waals surface area (Å²) in [4.78, 5) is 13.2. The van der Waals surface area contributed by atoms with E-state index in [9.17, 15) is 18.5 Å². The van der Waals surface area contributed by atoms with Crippen LogP contribution in [0.2, 0.25) is 0 Å². The molecule has 0 aliphatic carbocycles. The summed E-state index contributed by atoms with van der Waals surface area (Å²) >= 11 is 0. The quantitative estimate of drug-likeness (QED) is 0.521. The van der Waals surface area contributed by atoms with Crippen LogP contribution >= 0.6 is 0 Å². The van der Waals surface area contributed by atoms with E-state index in [4.69, 9.17) is 0 Å². The van der Waals surface area contributed by atoms with Gasteiger partial charge < -0.3 is 4.98 Å². The van der Waals surface area contributed by atoms with Gasteiger partial charge in [-0.2, -0.15) is 0 Å². The summed E-state index contributed by atoms with van der Waals surface area (Å²) in [5, 5.41) is 11.7. The van der Waals surface area contributed by atoms with E-state index in [1.165, 1.54) is 24.3 Å². The fourth-order valence-electron chi connectivity index (χ4n) is 2.65. The van der Waals surface area contributed by atoms with Crippen LogP contribution in [0.3, 0.4) is 0 Å². The van der Waals surface area contributed by atoms with Crippen LogP contribution in [-0.2, 0) is 16.4 Å². The molecule has 25 heavy (non-hydrogen) atoms.